The van der Waals surface area contributed by atoms with Crippen LogP contribution < -0.4 is 11.1 Å². The number of hydrogen-bond donors (Lipinski definition) is 2. The van der Waals surface area contributed by atoms with Crippen LogP contribution in [-0.2, 0) is 4.79 Å². The number of nitrogens with one attached hydrogen (secondary N) is 1. The van der Waals surface area contributed by atoms with Crippen LogP contribution in [-0.4, -0.2) is 21.7 Å². The van der Waals surface area contributed by atoms with Crippen LogP contribution >= 0.6 is 24.0 Å². The van der Waals surface area contributed by atoms with E-state index in [0.717, 1.165) is 11.4 Å². The molecular weight excluding hydrogens is 311 g/mol. The van der Waals surface area contributed by atoms with Crippen molar-refractivity contribution in [3.8, 4) is 5.69 Å². The maximum absolute atomic E-state index is 11.7. The number of rotatable bonds is 4. The van der Waals surface area contributed by atoms with Crippen molar-refractivity contribution in [3.05, 3.63) is 41.0 Å². The van der Waals surface area contributed by atoms with Gasteiger partial charge in [0.2, 0.25) is 5.91 Å². The van der Waals surface area contributed by atoms with E-state index in [4.69, 9.17) is 17.3 Å². The van der Waals surface area contributed by atoms with E-state index in [-0.39, 0.29) is 30.8 Å². The van der Waals surface area contributed by atoms with E-state index in [1.807, 2.05) is 25.1 Å². The lowest BCUT2D eigenvalue weighted by molar-refractivity contribution is -0.116. The summed E-state index contributed by atoms with van der Waals surface area (Å²) in [5.41, 5.74) is 7.34. The fourth-order valence-corrected chi connectivity index (χ4v) is 2.08. The molecule has 7 heteroatoms. The summed E-state index contributed by atoms with van der Waals surface area (Å²) < 4.78 is 1.73. The summed E-state index contributed by atoms with van der Waals surface area (Å²) in [5.74, 6) is 0.365. The van der Waals surface area contributed by atoms with Crippen molar-refractivity contribution in [1.82, 2.24) is 9.78 Å². The van der Waals surface area contributed by atoms with Crippen LogP contribution in [0.4, 0.5) is 5.82 Å². The Morgan fingerprint density at radius 2 is 2.19 bits per heavy atom. The van der Waals surface area contributed by atoms with Gasteiger partial charge in [-0.25, -0.2) is 4.68 Å². The van der Waals surface area contributed by atoms with Crippen LogP contribution in [0.5, 0.6) is 0 Å². The summed E-state index contributed by atoms with van der Waals surface area (Å²) in [5, 5.41) is 7.73. The fourth-order valence-electron chi connectivity index (χ4n) is 1.89. The van der Waals surface area contributed by atoms with Crippen molar-refractivity contribution in [1.29, 1.82) is 0 Å². The van der Waals surface area contributed by atoms with Crippen LogP contribution in [0.2, 0.25) is 5.02 Å². The second-order valence-electron chi connectivity index (χ2n) is 4.79. The SMILES string of the molecule is Cc1cc(NC(=O)CC(C)N)nn1-c1cccc(Cl)c1.Cl. The number of aromatic nitrogens is 2. The molecule has 0 aliphatic rings. The van der Waals surface area contributed by atoms with Gasteiger partial charge in [-0.05, 0) is 32.0 Å². The molecule has 1 aromatic carbocycles. The van der Waals surface area contributed by atoms with Gasteiger partial charge in [0.15, 0.2) is 5.82 Å². The number of amides is 1. The number of aryl methyl sites for hydroxylation is 1. The van der Waals surface area contributed by atoms with E-state index in [2.05, 4.69) is 10.4 Å². The zero-order chi connectivity index (χ0) is 14.7. The third-order valence-corrected chi connectivity index (χ3v) is 2.95. The minimum Gasteiger partial charge on any atom is -0.327 e. The van der Waals surface area contributed by atoms with Crippen molar-refractivity contribution in [2.75, 3.05) is 5.32 Å². The molecule has 0 fully saturated rings. The van der Waals surface area contributed by atoms with Crippen LogP contribution in [0.15, 0.2) is 30.3 Å². The first-order valence-corrected chi connectivity index (χ1v) is 6.71. The molecule has 0 saturated heterocycles. The first-order chi connectivity index (χ1) is 9.45. The largest absolute Gasteiger partial charge is 0.327 e. The van der Waals surface area contributed by atoms with E-state index in [1.165, 1.54) is 0 Å². The molecule has 114 valence electrons. The molecular formula is C14H18Cl2N4O. The molecule has 5 nitrogen and oxygen atoms in total. The Kier molecular flexibility index (Phi) is 6.20. The van der Waals surface area contributed by atoms with Gasteiger partial charge >= 0.3 is 0 Å². The lowest BCUT2D eigenvalue weighted by Crippen LogP contribution is -2.24. The van der Waals surface area contributed by atoms with Gasteiger partial charge in [-0.2, -0.15) is 0 Å². The van der Waals surface area contributed by atoms with Crippen molar-refractivity contribution in [2.45, 2.75) is 26.3 Å². The Morgan fingerprint density at radius 1 is 1.48 bits per heavy atom. The van der Waals surface area contributed by atoms with Gasteiger partial charge in [-0.15, -0.1) is 17.5 Å². The average molecular weight is 329 g/mol. The molecule has 0 saturated carbocycles. The standard InChI is InChI=1S/C14H17ClN4O.ClH/c1-9(16)6-14(20)17-13-7-10(2)19(18-13)12-5-3-4-11(15)8-12;/h3-5,7-9H,6,16H2,1-2H3,(H,17,18,20);1H. The highest BCUT2D eigenvalue weighted by molar-refractivity contribution is 6.30. The Labute approximate surface area is 134 Å². The van der Waals surface area contributed by atoms with Gasteiger partial charge in [0.25, 0.3) is 0 Å². The first-order valence-electron chi connectivity index (χ1n) is 6.34. The molecule has 1 aromatic heterocycles. The van der Waals surface area contributed by atoms with Crippen LogP contribution in [0.1, 0.15) is 19.0 Å². The van der Waals surface area contributed by atoms with Gasteiger partial charge in [0.05, 0.1) is 5.69 Å². The monoisotopic (exact) mass is 328 g/mol. The maximum Gasteiger partial charge on any atom is 0.227 e. The minimum atomic E-state index is -0.175. The number of benzene rings is 1. The predicted molar refractivity (Wildman–Crippen MR) is 87.5 cm³/mol. The number of carbonyl (C=O) groups is 1. The van der Waals surface area contributed by atoms with E-state index < -0.39 is 0 Å². The first kappa shape index (κ1) is 17.5. The maximum atomic E-state index is 11.7. The van der Waals surface area contributed by atoms with E-state index in [1.54, 1.807) is 23.7 Å². The highest BCUT2D eigenvalue weighted by Gasteiger charge is 2.10. The Morgan fingerprint density at radius 3 is 2.81 bits per heavy atom. The number of nitrogens with zero attached hydrogens (tertiary/aromatic N) is 2. The number of hydrogen-bond acceptors (Lipinski definition) is 3. The molecule has 2 rings (SSSR count). The molecule has 0 aliphatic carbocycles. The number of halogens is 2. The predicted octanol–water partition coefficient (Wildman–Crippen LogP) is 2.93. The van der Waals surface area contributed by atoms with Gasteiger partial charge in [-0.1, -0.05) is 17.7 Å². The Hall–Kier alpha value is -1.56. The lowest BCUT2D eigenvalue weighted by Gasteiger charge is -2.05. The smallest absolute Gasteiger partial charge is 0.227 e. The molecule has 21 heavy (non-hydrogen) atoms. The van der Waals surface area contributed by atoms with E-state index in [9.17, 15) is 4.79 Å². The summed E-state index contributed by atoms with van der Waals surface area (Å²) >= 11 is 5.97. The zero-order valence-corrected chi connectivity index (χ0v) is 13.4. The van der Waals surface area contributed by atoms with Gasteiger partial charge in [0.1, 0.15) is 0 Å². The third-order valence-electron chi connectivity index (χ3n) is 2.72. The molecule has 1 atom stereocenters. The topological polar surface area (TPSA) is 72.9 Å². The highest BCUT2D eigenvalue weighted by Crippen LogP contribution is 2.18. The number of carbonyl (C=O) groups excluding carboxylic acids is 1. The number of anilines is 1. The van der Waals surface area contributed by atoms with Crippen molar-refractivity contribution in [3.63, 3.8) is 0 Å². The zero-order valence-electron chi connectivity index (χ0n) is 11.8. The van der Waals surface area contributed by atoms with E-state index >= 15 is 0 Å². The molecule has 0 bridgehead atoms. The molecule has 3 N–H and O–H groups in total. The van der Waals surface area contributed by atoms with Crippen LogP contribution in [0.25, 0.3) is 5.69 Å². The summed E-state index contributed by atoms with van der Waals surface area (Å²) in [6.07, 6.45) is 0.267. The van der Waals surface area contributed by atoms with Crippen LogP contribution in [0.3, 0.4) is 0 Å². The summed E-state index contributed by atoms with van der Waals surface area (Å²) in [7, 11) is 0. The molecule has 0 aliphatic heterocycles. The molecule has 1 unspecified atom stereocenters. The second kappa shape index (κ2) is 7.45. The number of nitrogens with two attached hydrogens (primary N) is 1. The molecule has 1 amide bonds. The summed E-state index contributed by atoms with van der Waals surface area (Å²) in [6, 6.07) is 9.00. The Bertz CT molecular complexity index is 625. The van der Waals surface area contributed by atoms with Crippen molar-refractivity contribution >= 4 is 35.7 Å². The normalized spacial score (nSPS) is 11.6. The average Bonchev–Trinajstić information content (AvgIpc) is 2.68. The molecule has 0 radical (unpaired) electrons. The molecule has 1 heterocycles. The van der Waals surface area contributed by atoms with Gasteiger partial charge < -0.3 is 11.1 Å². The second-order valence-corrected chi connectivity index (χ2v) is 5.23. The van der Waals surface area contributed by atoms with E-state index in [0.29, 0.717) is 10.8 Å². The van der Waals surface area contributed by atoms with Gasteiger partial charge in [0, 0.05) is 29.2 Å². The third kappa shape index (κ3) is 4.74. The Balaban J connectivity index is 0.00000220. The molecule has 0 spiro atoms. The molecule has 2 aromatic rings. The van der Waals surface area contributed by atoms with Crippen molar-refractivity contribution in [2.24, 2.45) is 5.73 Å². The van der Waals surface area contributed by atoms with Gasteiger partial charge in [-0.3, -0.25) is 4.79 Å². The highest BCUT2D eigenvalue weighted by atomic mass is 35.5. The lowest BCUT2D eigenvalue weighted by atomic mass is 10.2. The van der Waals surface area contributed by atoms with Crippen LogP contribution in [0, 0.1) is 6.92 Å². The minimum absolute atomic E-state index is 0. The van der Waals surface area contributed by atoms with Crippen molar-refractivity contribution < 1.29 is 4.79 Å². The summed E-state index contributed by atoms with van der Waals surface area (Å²) in [6.45, 7) is 3.70. The quantitative estimate of drug-likeness (QED) is 0.906. The fraction of sp³-hybridized carbons (Fsp3) is 0.286. The summed E-state index contributed by atoms with van der Waals surface area (Å²) in [4.78, 5) is 11.7.